The fraction of sp³-hybridized carbons (Fsp3) is 0.353. The van der Waals surface area contributed by atoms with Gasteiger partial charge in [0.25, 0.3) is 0 Å². The highest BCUT2D eigenvalue weighted by Crippen LogP contribution is 2.24. The SMILES string of the molecule is CC(C)c1ccc(N(C)C(C)c2ccccc2)nc1. The van der Waals surface area contributed by atoms with Gasteiger partial charge in [0.1, 0.15) is 5.82 Å². The lowest BCUT2D eigenvalue weighted by Gasteiger charge is -2.26. The van der Waals surface area contributed by atoms with Crippen molar-refractivity contribution in [3.05, 3.63) is 59.8 Å². The first kappa shape index (κ1) is 13.6. The van der Waals surface area contributed by atoms with Gasteiger partial charge in [0.15, 0.2) is 0 Å². The minimum absolute atomic E-state index is 0.318. The molecule has 0 saturated heterocycles. The van der Waals surface area contributed by atoms with E-state index < -0.39 is 0 Å². The molecule has 0 radical (unpaired) electrons. The van der Waals surface area contributed by atoms with E-state index in [1.54, 1.807) is 0 Å². The van der Waals surface area contributed by atoms with Crippen molar-refractivity contribution in [2.24, 2.45) is 0 Å². The highest BCUT2D eigenvalue weighted by Gasteiger charge is 2.13. The number of hydrogen-bond acceptors (Lipinski definition) is 2. The lowest BCUT2D eigenvalue weighted by atomic mass is 10.1. The highest BCUT2D eigenvalue weighted by atomic mass is 15.2. The minimum atomic E-state index is 0.318. The Balaban J connectivity index is 2.17. The minimum Gasteiger partial charge on any atom is -0.353 e. The Bertz CT molecular complexity index is 503. The van der Waals surface area contributed by atoms with Gasteiger partial charge in [-0.1, -0.05) is 50.2 Å². The number of nitrogens with zero attached hydrogens (tertiary/aromatic N) is 2. The summed E-state index contributed by atoms with van der Waals surface area (Å²) in [5, 5.41) is 0. The van der Waals surface area contributed by atoms with Crippen molar-refractivity contribution in [2.45, 2.75) is 32.7 Å². The Labute approximate surface area is 116 Å². The predicted molar refractivity (Wildman–Crippen MR) is 81.6 cm³/mol. The van der Waals surface area contributed by atoms with E-state index in [0.29, 0.717) is 12.0 Å². The summed E-state index contributed by atoms with van der Waals surface area (Å²) in [4.78, 5) is 6.78. The van der Waals surface area contributed by atoms with E-state index in [0.717, 1.165) is 5.82 Å². The molecule has 1 heterocycles. The maximum Gasteiger partial charge on any atom is 0.128 e. The number of benzene rings is 1. The Kier molecular flexibility index (Phi) is 4.20. The van der Waals surface area contributed by atoms with Gasteiger partial charge in [-0.15, -0.1) is 0 Å². The van der Waals surface area contributed by atoms with Crippen LogP contribution in [0.15, 0.2) is 48.7 Å². The molecule has 0 fully saturated rings. The van der Waals surface area contributed by atoms with Crippen LogP contribution in [0.1, 0.15) is 43.9 Å². The highest BCUT2D eigenvalue weighted by molar-refractivity contribution is 5.42. The molecule has 0 spiro atoms. The van der Waals surface area contributed by atoms with E-state index in [-0.39, 0.29) is 0 Å². The molecule has 1 unspecified atom stereocenters. The van der Waals surface area contributed by atoms with Crippen molar-refractivity contribution in [3.63, 3.8) is 0 Å². The van der Waals surface area contributed by atoms with Crippen molar-refractivity contribution in [1.82, 2.24) is 4.98 Å². The van der Waals surface area contributed by atoms with Crippen LogP contribution in [0.3, 0.4) is 0 Å². The first-order valence-corrected chi connectivity index (χ1v) is 6.83. The van der Waals surface area contributed by atoms with Crippen LogP contribution in [-0.4, -0.2) is 12.0 Å². The van der Waals surface area contributed by atoms with E-state index in [1.165, 1.54) is 11.1 Å². The lowest BCUT2D eigenvalue weighted by molar-refractivity contribution is 0.727. The average molecular weight is 254 g/mol. The van der Waals surface area contributed by atoms with Gasteiger partial charge >= 0.3 is 0 Å². The van der Waals surface area contributed by atoms with E-state index in [4.69, 9.17) is 0 Å². The van der Waals surface area contributed by atoms with Gasteiger partial charge in [-0.25, -0.2) is 4.98 Å². The first-order chi connectivity index (χ1) is 9.09. The number of pyridine rings is 1. The lowest BCUT2D eigenvalue weighted by Crippen LogP contribution is -2.22. The molecule has 0 aliphatic carbocycles. The van der Waals surface area contributed by atoms with Gasteiger partial charge < -0.3 is 4.90 Å². The molecule has 0 aliphatic heterocycles. The molecule has 0 bridgehead atoms. The normalized spacial score (nSPS) is 12.5. The molecule has 100 valence electrons. The molecule has 2 aromatic rings. The molecule has 0 amide bonds. The number of anilines is 1. The van der Waals surface area contributed by atoms with Crippen LogP contribution in [-0.2, 0) is 0 Å². The summed E-state index contributed by atoms with van der Waals surface area (Å²) in [5.74, 6) is 1.54. The molecule has 2 nitrogen and oxygen atoms in total. The first-order valence-electron chi connectivity index (χ1n) is 6.83. The monoisotopic (exact) mass is 254 g/mol. The van der Waals surface area contributed by atoms with Crippen LogP contribution in [0.25, 0.3) is 0 Å². The van der Waals surface area contributed by atoms with Crippen LogP contribution in [0, 0.1) is 0 Å². The van der Waals surface area contributed by atoms with Crippen LogP contribution in [0.5, 0.6) is 0 Å². The summed E-state index contributed by atoms with van der Waals surface area (Å²) < 4.78 is 0. The van der Waals surface area contributed by atoms with Gasteiger partial charge in [0.05, 0.1) is 6.04 Å². The topological polar surface area (TPSA) is 16.1 Å². The Morgan fingerprint density at radius 1 is 0.895 bits per heavy atom. The van der Waals surface area contributed by atoms with Crippen LogP contribution in [0.4, 0.5) is 5.82 Å². The fourth-order valence-corrected chi connectivity index (χ4v) is 2.10. The molecule has 1 atom stereocenters. The third kappa shape index (κ3) is 3.14. The van der Waals surface area contributed by atoms with Gasteiger partial charge in [-0.2, -0.15) is 0 Å². The predicted octanol–water partition coefficient (Wildman–Crippen LogP) is 4.40. The second kappa shape index (κ2) is 5.87. The van der Waals surface area contributed by atoms with E-state index in [9.17, 15) is 0 Å². The maximum absolute atomic E-state index is 4.57. The maximum atomic E-state index is 4.57. The summed E-state index contributed by atoms with van der Waals surface area (Å²) in [5.41, 5.74) is 2.59. The molecule has 0 N–H and O–H groups in total. The summed E-state index contributed by atoms with van der Waals surface area (Å²) in [6.07, 6.45) is 1.98. The van der Waals surface area contributed by atoms with Gasteiger partial charge in [0.2, 0.25) is 0 Å². The second-order valence-electron chi connectivity index (χ2n) is 5.30. The Morgan fingerprint density at radius 2 is 1.58 bits per heavy atom. The molecule has 1 aromatic carbocycles. The number of aromatic nitrogens is 1. The zero-order chi connectivity index (χ0) is 13.8. The average Bonchev–Trinajstić information content (AvgIpc) is 2.46. The van der Waals surface area contributed by atoms with Crippen molar-refractivity contribution in [3.8, 4) is 0 Å². The van der Waals surface area contributed by atoms with E-state index in [2.05, 4.69) is 74.1 Å². The van der Waals surface area contributed by atoms with Crippen LogP contribution < -0.4 is 4.90 Å². The van der Waals surface area contributed by atoms with E-state index in [1.807, 2.05) is 12.3 Å². The fourth-order valence-electron chi connectivity index (χ4n) is 2.10. The molecule has 0 saturated carbocycles. The largest absolute Gasteiger partial charge is 0.353 e. The van der Waals surface area contributed by atoms with Crippen molar-refractivity contribution < 1.29 is 0 Å². The zero-order valence-corrected chi connectivity index (χ0v) is 12.2. The molecule has 1 aromatic heterocycles. The van der Waals surface area contributed by atoms with Gasteiger partial charge in [-0.05, 0) is 30.0 Å². The summed E-state index contributed by atoms with van der Waals surface area (Å²) in [7, 11) is 2.09. The quantitative estimate of drug-likeness (QED) is 0.803. The summed E-state index contributed by atoms with van der Waals surface area (Å²) in [6, 6.07) is 15.1. The summed E-state index contributed by atoms with van der Waals surface area (Å²) >= 11 is 0. The molecular weight excluding hydrogens is 232 g/mol. The third-order valence-electron chi connectivity index (χ3n) is 3.66. The van der Waals surface area contributed by atoms with Gasteiger partial charge in [-0.3, -0.25) is 0 Å². The second-order valence-corrected chi connectivity index (χ2v) is 5.30. The summed E-state index contributed by atoms with van der Waals surface area (Å²) in [6.45, 7) is 6.58. The Morgan fingerprint density at radius 3 is 2.11 bits per heavy atom. The van der Waals surface area contributed by atoms with Crippen LogP contribution >= 0.6 is 0 Å². The van der Waals surface area contributed by atoms with E-state index >= 15 is 0 Å². The van der Waals surface area contributed by atoms with Crippen molar-refractivity contribution in [1.29, 1.82) is 0 Å². The molecule has 2 heteroatoms. The zero-order valence-electron chi connectivity index (χ0n) is 12.2. The van der Waals surface area contributed by atoms with Gasteiger partial charge in [0, 0.05) is 13.2 Å². The molecule has 2 rings (SSSR count). The molecule has 19 heavy (non-hydrogen) atoms. The van der Waals surface area contributed by atoms with Crippen molar-refractivity contribution in [2.75, 3.05) is 11.9 Å². The number of hydrogen-bond donors (Lipinski definition) is 0. The standard InChI is InChI=1S/C17H22N2/c1-13(2)16-10-11-17(18-12-16)19(4)14(3)15-8-6-5-7-9-15/h5-14H,1-4H3. The molecular formula is C17H22N2. The third-order valence-corrected chi connectivity index (χ3v) is 3.66. The smallest absolute Gasteiger partial charge is 0.128 e. The molecule has 0 aliphatic rings. The van der Waals surface area contributed by atoms with Crippen molar-refractivity contribution >= 4 is 5.82 Å². The Hall–Kier alpha value is -1.83. The number of rotatable bonds is 4. The van der Waals surface area contributed by atoms with Crippen LogP contribution in [0.2, 0.25) is 0 Å².